The van der Waals surface area contributed by atoms with E-state index in [1.165, 1.54) is 14.3 Å². The molecule has 0 nitrogen and oxygen atoms in total. The molecule has 0 saturated carbocycles. The van der Waals surface area contributed by atoms with Gasteiger partial charge in [-0.1, -0.05) is 0 Å². The summed E-state index contributed by atoms with van der Waals surface area (Å²) in [5.74, 6) is 0. The standard InChI is InChI=1S/C3H8SeSi/c1-2-4-5-3-1/h1-3,5H2. The van der Waals surface area contributed by atoms with Crippen LogP contribution in [0.4, 0.5) is 0 Å². The van der Waals surface area contributed by atoms with Crippen LogP contribution in [0.2, 0.25) is 11.4 Å². The van der Waals surface area contributed by atoms with Gasteiger partial charge in [0.2, 0.25) is 0 Å². The van der Waals surface area contributed by atoms with Gasteiger partial charge in [-0.15, -0.1) is 0 Å². The molecule has 1 saturated heterocycles. The molecular weight excluding hydrogens is 143 g/mol. The van der Waals surface area contributed by atoms with Crippen LogP contribution in [0.25, 0.3) is 0 Å². The molecule has 0 aromatic carbocycles. The maximum atomic E-state index is 1.67. The van der Waals surface area contributed by atoms with E-state index in [0.29, 0.717) is 8.13 Å². The molecule has 0 unspecified atom stereocenters. The van der Waals surface area contributed by atoms with Gasteiger partial charge in [-0.05, 0) is 0 Å². The van der Waals surface area contributed by atoms with Gasteiger partial charge >= 0.3 is 40.2 Å². The van der Waals surface area contributed by atoms with Crippen LogP contribution in [0, 0.1) is 0 Å². The molecule has 0 aromatic heterocycles. The predicted molar refractivity (Wildman–Crippen MR) is 28.5 cm³/mol. The molecule has 0 aliphatic carbocycles. The van der Waals surface area contributed by atoms with Gasteiger partial charge in [0.1, 0.15) is 0 Å². The normalized spacial score (nSPS) is 28.8. The number of hydrogen-bond acceptors (Lipinski definition) is 0. The molecule has 1 fully saturated rings. The summed E-state index contributed by atoms with van der Waals surface area (Å²) in [7, 11) is 0.606. The van der Waals surface area contributed by atoms with Crippen LogP contribution in [0.3, 0.4) is 0 Å². The Hall–Kier alpha value is 0.736. The number of rotatable bonds is 0. The van der Waals surface area contributed by atoms with E-state index in [0.717, 1.165) is 0 Å². The summed E-state index contributed by atoms with van der Waals surface area (Å²) < 4.78 is 0. The Morgan fingerprint density at radius 1 is 1.60 bits per heavy atom. The van der Waals surface area contributed by atoms with Crippen LogP contribution in [0.1, 0.15) is 6.42 Å². The minimum absolute atomic E-state index is 0.606. The van der Waals surface area contributed by atoms with Crippen molar-refractivity contribution in [1.29, 1.82) is 0 Å². The van der Waals surface area contributed by atoms with Crippen molar-refractivity contribution in [2.45, 2.75) is 17.8 Å². The fraction of sp³-hybridized carbons (Fsp3) is 1.00. The Bertz CT molecular complexity index is 18.5. The van der Waals surface area contributed by atoms with Gasteiger partial charge in [0.25, 0.3) is 0 Å². The van der Waals surface area contributed by atoms with Crippen molar-refractivity contribution in [1.82, 2.24) is 0 Å². The van der Waals surface area contributed by atoms with Crippen molar-refractivity contribution in [2.75, 3.05) is 0 Å². The average molecular weight is 151 g/mol. The summed E-state index contributed by atoms with van der Waals surface area (Å²) in [4.78, 5) is 0. The van der Waals surface area contributed by atoms with Crippen LogP contribution in [0.5, 0.6) is 0 Å². The Labute approximate surface area is 40.8 Å². The zero-order valence-corrected chi connectivity index (χ0v) is 6.36. The van der Waals surface area contributed by atoms with E-state index in [1.807, 2.05) is 0 Å². The molecule has 1 aliphatic rings. The maximum absolute atomic E-state index is 1.67. The van der Waals surface area contributed by atoms with Gasteiger partial charge in [-0.2, -0.15) is 0 Å². The van der Waals surface area contributed by atoms with E-state index in [4.69, 9.17) is 0 Å². The quantitative estimate of drug-likeness (QED) is 0.428. The molecular formula is C3H8SeSi. The molecule has 30 valence electrons. The molecule has 0 radical (unpaired) electrons. The predicted octanol–water partition coefficient (Wildman–Crippen LogP) is 0.0147. The van der Waals surface area contributed by atoms with E-state index in [9.17, 15) is 0 Å². The molecule has 5 heavy (non-hydrogen) atoms. The molecule has 0 atom stereocenters. The van der Waals surface area contributed by atoms with Crippen molar-refractivity contribution >= 4 is 22.4 Å². The van der Waals surface area contributed by atoms with E-state index in [1.54, 1.807) is 17.8 Å². The second kappa shape index (κ2) is 2.01. The van der Waals surface area contributed by atoms with E-state index in [2.05, 4.69) is 0 Å². The van der Waals surface area contributed by atoms with E-state index in [-0.39, 0.29) is 0 Å². The van der Waals surface area contributed by atoms with Crippen LogP contribution in [-0.4, -0.2) is 22.4 Å². The summed E-state index contributed by atoms with van der Waals surface area (Å²) in [6.07, 6.45) is 1.59. The molecule has 1 heterocycles. The molecule has 0 aromatic rings. The zero-order valence-electron chi connectivity index (χ0n) is 3.24. The van der Waals surface area contributed by atoms with Crippen LogP contribution < -0.4 is 0 Å². The van der Waals surface area contributed by atoms with Gasteiger partial charge in [0.15, 0.2) is 0 Å². The topological polar surface area (TPSA) is 0 Å². The van der Waals surface area contributed by atoms with E-state index < -0.39 is 0 Å². The summed E-state index contributed by atoms with van der Waals surface area (Å²) in [6, 6.07) is 1.67. The van der Waals surface area contributed by atoms with Gasteiger partial charge in [-0.25, -0.2) is 0 Å². The summed E-state index contributed by atoms with van der Waals surface area (Å²) in [6.45, 7) is 0. The molecule has 0 N–H and O–H groups in total. The molecule has 0 amide bonds. The van der Waals surface area contributed by atoms with Crippen LogP contribution in [0.15, 0.2) is 0 Å². The van der Waals surface area contributed by atoms with Gasteiger partial charge in [0.05, 0.1) is 0 Å². The van der Waals surface area contributed by atoms with Crippen molar-refractivity contribution in [3.8, 4) is 0 Å². The second-order valence-corrected chi connectivity index (χ2v) is 8.84. The Balaban J connectivity index is 2.08. The third-order valence-corrected chi connectivity index (χ3v) is 8.25. The van der Waals surface area contributed by atoms with Crippen LogP contribution in [-0.2, 0) is 0 Å². The molecule has 0 spiro atoms. The fourth-order valence-electron chi connectivity index (χ4n) is 0.510. The third kappa shape index (κ3) is 1.08. The Morgan fingerprint density at radius 3 is 2.80 bits per heavy atom. The van der Waals surface area contributed by atoms with Gasteiger partial charge < -0.3 is 0 Å². The van der Waals surface area contributed by atoms with Crippen molar-refractivity contribution < 1.29 is 0 Å². The first-order valence-corrected chi connectivity index (χ1v) is 8.50. The van der Waals surface area contributed by atoms with Crippen molar-refractivity contribution in [3.63, 3.8) is 0 Å². The Morgan fingerprint density at radius 2 is 2.60 bits per heavy atom. The summed E-state index contributed by atoms with van der Waals surface area (Å²) in [5, 5.41) is 1.62. The van der Waals surface area contributed by atoms with Gasteiger partial charge in [0, 0.05) is 0 Å². The van der Waals surface area contributed by atoms with Crippen molar-refractivity contribution in [2.24, 2.45) is 0 Å². The Kier molecular flexibility index (Phi) is 1.57. The zero-order chi connectivity index (χ0) is 3.54. The SMILES string of the molecule is C1C[SiH2][Se]C1. The summed E-state index contributed by atoms with van der Waals surface area (Å²) in [5.41, 5.74) is 0. The average Bonchev–Trinajstić information content (AvgIpc) is 1.76. The van der Waals surface area contributed by atoms with Gasteiger partial charge in [-0.3, -0.25) is 0 Å². The molecule has 1 rings (SSSR count). The first-order valence-electron chi connectivity index (χ1n) is 2.08. The van der Waals surface area contributed by atoms with E-state index >= 15 is 0 Å². The molecule has 0 bridgehead atoms. The monoisotopic (exact) mass is 152 g/mol. The fourth-order valence-corrected chi connectivity index (χ4v) is 7.95. The number of hydrogen-bond donors (Lipinski definition) is 0. The summed E-state index contributed by atoms with van der Waals surface area (Å²) >= 11 is 1.21. The second-order valence-electron chi connectivity index (χ2n) is 1.32. The third-order valence-electron chi connectivity index (χ3n) is 0.827. The molecule has 2 heteroatoms. The van der Waals surface area contributed by atoms with Crippen LogP contribution >= 0.6 is 0 Å². The van der Waals surface area contributed by atoms with Crippen molar-refractivity contribution in [3.05, 3.63) is 0 Å². The minimum atomic E-state index is 0.606. The molecule has 1 aliphatic heterocycles. The first-order chi connectivity index (χ1) is 2.50. The first kappa shape index (κ1) is 3.91.